The van der Waals surface area contributed by atoms with E-state index in [0.717, 1.165) is 5.56 Å². The van der Waals surface area contributed by atoms with Gasteiger partial charge in [-0.05, 0) is 5.56 Å². The predicted octanol–water partition coefficient (Wildman–Crippen LogP) is 0.403. The van der Waals surface area contributed by atoms with Crippen molar-refractivity contribution in [1.82, 2.24) is 5.06 Å². The molecule has 0 amide bonds. The summed E-state index contributed by atoms with van der Waals surface area (Å²) in [4.78, 5) is 5.54. The van der Waals surface area contributed by atoms with E-state index in [2.05, 4.69) is 0 Å². The second-order valence-electron chi connectivity index (χ2n) is 4.08. The maximum absolute atomic E-state index is 9.13. The molecule has 0 spiro atoms. The largest absolute Gasteiger partial charge is 0.396 e. The maximum Gasteiger partial charge on any atom is 0.109 e. The second kappa shape index (κ2) is 5.41. The van der Waals surface area contributed by atoms with Gasteiger partial charge in [-0.2, -0.15) is 5.06 Å². The standard InChI is InChI=1S/C12H17NO3/c14-8-11-7-13(16-12(11)9-15)6-10-4-2-1-3-5-10/h1-5,11-12,14-15H,6-9H2/t11-,12?/m1/s1. The molecule has 4 heteroatoms. The highest BCUT2D eigenvalue weighted by Gasteiger charge is 2.32. The Balaban J connectivity index is 1.93. The molecule has 0 aliphatic carbocycles. The van der Waals surface area contributed by atoms with E-state index in [1.54, 1.807) is 5.06 Å². The summed E-state index contributed by atoms with van der Waals surface area (Å²) >= 11 is 0. The Labute approximate surface area is 95.0 Å². The van der Waals surface area contributed by atoms with Crippen LogP contribution in [0.4, 0.5) is 0 Å². The smallest absolute Gasteiger partial charge is 0.109 e. The first-order chi connectivity index (χ1) is 7.83. The van der Waals surface area contributed by atoms with E-state index in [9.17, 15) is 0 Å². The molecule has 1 aliphatic heterocycles. The Morgan fingerprint density at radius 1 is 1.19 bits per heavy atom. The van der Waals surface area contributed by atoms with Crippen LogP contribution in [0.25, 0.3) is 0 Å². The van der Waals surface area contributed by atoms with Crippen LogP contribution in [0.15, 0.2) is 30.3 Å². The Kier molecular flexibility index (Phi) is 3.90. The summed E-state index contributed by atoms with van der Waals surface area (Å²) in [6.45, 7) is 1.36. The third-order valence-corrected chi connectivity index (χ3v) is 2.86. The van der Waals surface area contributed by atoms with Crippen molar-refractivity contribution in [2.24, 2.45) is 5.92 Å². The van der Waals surface area contributed by atoms with Crippen molar-refractivity contribution in [2.45, 2.75) is 12.6 Å². The third-order valence-electron chi connectivity index (χ3n) is 2.86. The van der Waals surface area contributed by atoms with Gasteiger partial charge in [0, 0.05) is 25.6 Å². The lowest BCUT2D eigenvalue weighted by molar-refractivity contribution is -0.163. The van der Waals surface area contributed by atoms with Crippen molar-refractivity contribution in [3.8, 4) is 0 Å². The van der Waals surface area contributed by atoms with Crippen molar-refractivity contribution in [3.63, 3.8) is 0 Å². The zero-order valence-corrected chi connectivity index (χ0v) is 9.12. The van der Waals surface area contributed by atoms with Gasteiger partial charge in [-0.15, -0.1) is 0 Å². The summed E-state index contributed by atoms with van der Waals surface area (Å²) in [5, 5.41) is 20.0. The first-order valence-electron chi connectivity index (χ1n) is 5.51. The number of aliphatic hydroxyl groups excluding tert-OH is 2. The molecule has 1 aromatic carbocycles. The summed E-state index contributed by atoms with van der Waals surface area (Å²) in [6, 6.07) is 10.0. The van der Waals surface area contributed by atoms with Crippen molar-refractivity contribution in [2.75, 3.05) is 19.8 Å². The van der Waals surface area contributed by atoms with Gasteiger partial charge in [0.2, 0.25) is 0 Å². The molecule has 16 heavy (non-hydrogen) atoms. The summed E-state index contributed by atoms with van der Waals surface area (Å²) < 4.78 is 0. The normalized spacial score (nSPS) is 26.1. The number of rotatable bonds is 4. The topological polar surface area (TPSA) is 52.9 Å². The van der Waals surface area contributed by atoms with Crippen LogP contribution in [-0.4, -0.2) is 41.1 Å². The number of benzene rings is 1. The molecule has 88 valence electrons. The van der Waals surface area contributed by atoms with Gasteiger partial charge in [0.05, 0.1) is 6.61 Å². The Hall–Kier alpha value is -0.940. The molecule has 1 fully saturated rings. The molecule has 0 saturated carbocycles. The van der Waals surface area contributed by atoms with Crippen LogP contribution in [0, 0.1) is 5.92 Å². The van der Waals surface area contributed by atoms with Gasteiger partial charge < -0.3 is 10.2 Å². The van der Waals surface area contributed by atoms with E-state index in [1.807, 2.05) is 30.3 Å². The third kappa shape index (κ3) is 2.59. The molecule has 2 N–H and O–H groups in total. The zero-order valence-electron chi connectivity index (χ0n) is 9.12. The summed E-state index contributed by atoms with van der Waals surface area (Å²) in [6.07, 6.45) is -0.270. The van der Waals surface area contributed by atoms with Gasteiger partial charge in [0.15, 0.2) is 0 Å². The average molecular weight is 223 g/mol. The average Bonchev–Trinajstić information content (AvgIpc) is 2.72. The van der Waals surface area contributed by atoms with Crippen LogP contribution < -0.4 is 0 Å². The Bertz CT molecular complexity index is 305. The molecule has 1 saturated heterocycles. The van der Waals surface area contributed by atoms with E-state index in [0.29, 0.717) is 13.1 Å². The lowest BCUT2D eigenvalue weighted by atomic mass is 10.1. The fourth-order valence-corrected chi connectivity index (χ4v) is 1.95. The van der Waals surface area contributed by atoms with Gasteiger partial charge in [-0.1, -0.05) is 30.3 Å². The molecule has 2 rings (SSSR count). The van der Waals surface area contributed by atoms with Crippen molar-refractivity contribution >= 4 is 0 Å². The zero-order chi connectivity index (χ0) is 11.4. The van der Waals surface area contributed by atoms with Crippen LogP contribution >= 0.6 is 0 Å². The molecule has 0 radical (unpaired) electrons. The first kappa shape index (κ1) is 11.5. The van der Waals surface area contributed by atoms with E-state index in [1.165, 1.54) is 0 Å². The molecule has 1 heterocycles. The van der Waals surface area contributed by atoms with Crippen LogP contribution in [0.3, 0.4) is 0 Å². The summed E-state index contributed by atoms with van der Waals surface area (Å²) in [5.74, 6) is 0.00807. The summed E-state index contributed by atoms with van der Waals surface area (Å²) in [7, 11) is 0. The molecule has 2 atom stereocenters. The predicted molar refractivity (Wildman–Crippen MR) is 59.4 cm³/mol. The lowest BCUT2D eigenvalue weighted by Crippen LogP contribution is -2.24. The number of hydrogen-bond acceptors (Lipinski definition) is 4. The van der Waals surface area contributed by atoms with Crippen LogP contribution in [-0.2, 0) is 11.4 Å². The van der Waals surface area contributed by atoms with Gasteiger partial charge in [-0.3, -0.25) is 4.84 Å². The van der Waals surface area contributed by atoms with Gasteiger partial charge in [-0.25, -0.2) is 0 Å². The van der Waals surface area contributed by atoms with Crippen molar-refractivity contribution < 1.29 is 15.1 Å². The maximum atomic E-state index is 9.13. The minimum atomic E-state index is -0.270. The van der Waals surface area contributed by atoms with Crippen LogP contribution in [0.5, 0.6) is 0 Å². The Morgan fingerprint density at radius 3 is 2.50 bits per heavy atom. The first-order valence-corrected chi connectivity index (χ1v) is 5.51. The molecule has 1 aliphatic rings. The molecule has 0 bridgehead atoms. The number of hydrogen-bond donors (Lipinski definition) is 2. The highest BCUT2D eigenvalue weighted by Crippen LogP contribution is 2.21. The molecular weight excluding hydrogens is 206 g/mol. The molecule has 1 aromatic rings. The number of nitrogens with zero attached hydrogens (tertiary/aromatic N) is 1. The fourth-order valence-electron chi connectivity index (χ4n) is 1.95. The second-order valence-corrected chi connectivity index (χ2v) is 4.08. The van der Waals surface area contributed by atoms with Crippen LogP contribution in [0.2, 0.25) is 0 Å². The monoisotopic (exact) mass is 223 g/mol. The van der Waals surface area contributed by atoms with Crippen molar-refractivity contribution in [3.05, 3.63) is 35.9 Å². The van der Waals surface area contributed by atoms with Gasteiger partial charge in [0.25, 0.3) is 0 Å². The van der Waals surface area contributed by atoms with E-state index >= 15 is 0 Å². The van der Waals surface area contributed by atoms with E-state index in [-0.39, 0.29) is 25.2 Å². The van der Waals surface area contributed by atoms with Crippen LogP contribution in [0.1, 0.15) is 5.56 Å². The number of aliphatic hydroxyl groups is 2. The van der Waals surface area contributed by atoms with Crippen molar-refractivity contribution in [1.29, 1.82) is 0 Å². The van der Waals surface area contributed by atoms with E-state index in [4.69, 9.17) is 15.1 Å². The van der Waals surface area contributed by atoms with Gasteiger partial charge >= 0.3 is 0 Å². The molecule has 1 unspecified atom stereocenters. The fraction of sp³-hybridized carbons (Fsp3) is 0.500. The van der Waals surface area contributed by atoms with Gasteiger partial charge in [0.1, 0.15) is 6.10 Å². The Morgan fingerprint density at radius 2 is 1.94 bits per heavy atom. The molecule has 4 nitrogen and oxygen atoms in total. The minimum Gasteiger partial charge on any atom is -0.396 e. The lowest BCUT2D eigenvalue weighted by Gasteiger charge is -2.15. The number of hydroxylamine groups is 2. The summed E-state index contributed by atoms with van der Waals surface area (Å²) in [5.41, 5.74) is 1.16. The molecular formula is C12H17NO3. The highest BCUT2D eigenvalue weighted by atomic mass is 16.7. The minimum absolute atomic E-state index is 0.00807. The van der Waals surface area contributed by atoms with E-state index < -0.39 is 0 Å². The highest BCUT2D eigenvalue weighted by molar-refractivity contribution is 5.14. The quantitative estimate of drug-likeness (QED) is 0.776. The molecule has 0 aromatic heterocycles. The SMILES string of the molecule is OCC1ON(Cc2ccccc2)C[C@@H]1CO.